The summed E-state index contributed by atoms with van der Waals surface area (Å²) < 4.78 is 74.2. The molecule has 0 spiro atoms. The molecule has 5 rings (SSSR count). The van der Waals surface area contributed by atoms with Crippen molar-refractivity contribution in [3.05, 3.63) is 106 Å². The summed E-state index contributed by atoms with van der Waals surface area (Å²) >= 11 is 0. The molecule has 2 bridgehead atoms. The highest BCUT2D eigenvalue weighted by Crippen LogP contribution is 2.41. The minimum atomic E-state index is -4.49. The summed E-state index contributed by atoms with van der Waals surface area (Å²) in [5, 5.41) is 17.4. The van der Waals surface area contributed by atoms with Crippen LogP contribution in [0.2, 0.25) is 0 Å². The van der Waals surface area contributed by atoms with Gasteiger partial charge in [-0.15, -0.1) is 0 Å². The van der Waals surface area contributed by atoms with E-state index in [4.69, 9.17) is 4.74 Å². The van der Waals surface area contributed by atoms with Crippen molar-refractivity contribution in [1.29, 1.82) is 0 Å². The molecule has 0 fully saturated rings. The first-order chi connectivity index (χ1) is 24.9. The topological polar surface area (TPSA) is 125 Å². The first kappa shape index (κ1) is 40.0. The molecular formula is C40H48F3N3O6S. The number of ether oxygens (including phenoxy) is 1. The van der Waals surface area contributed by atoms with Crippen LogP contribution in [-0.4, -0.2) is 62.0 Å². The van der Waals surface area contributed by atoms with E-state index in [0.29, 0.717) is 31.2 Å². The molecule has 2 aliphatic rings. The number of esters is 1. The van der Waals surface area contributed by atoms with Crippen molar-refractivity contribution in [3.8, 4) is 0 Å². The second-order valence-corrected chi connectivity index (χ2v) is 16.8. The lowest BCUT2D eigenvalue weighted by Crippen LogP contribution is -2.48. The number of hydrogen-bond acceptors (Lipinski definition) is 7. The third-order valence-corrected chi connectivity index (χ3v) is 11.2. The van der Waals surface area contributed by atoms with Gasteiger partial charge in [-0.1, -0.05) is 61.5 Å². The molecule has 3 aromatic carbocycles. The number of halogens is 3. The first-order valence-electron chi connectivity index (χ1n) is 17.9. The number of carbonyl (C=O) groups excluding carboxylic acids is 2. The van der Waals surface area contributed by atoms with Gasteiger partial charge < -0.3 is 20.5 Å². The van der Waals surface area contributed by atoms with Crippen LogP contribution in [0.1, 0.15) is 85.1 Å². The van der Waals surface area contributed by atoms with Crippen LogP contribution in [0.4, 0.5) is 18.9 Å². The third-order valence-electron chi connectivity index (χ3n) is 9.41. The number of nitrogens with one attached hydrogen (secondary N) is 2. The Morgan fingerprint density at radius 2 is 1.74 bits per heavy atom. The highest BCUT2D eigenvalue weighted by Gasteiger charge is 2.35. The molecule has 3 N–H and O–H groups in total. The van der Waals surface area contributed by atoms with E-state index in [1.165, 1.54) is 12.1 Å². The Balaban J connectivity index is 1.47. The summed E-state index contributed by atoms with van der Waals surface area (Å²) in [6.07, 6.45) is -1.01. The number of rotatable bonds is 12. The lowest BCUT2D eigenvalue weighted by Gasteiger charge is -2.31. The average molecular weight is 756 g/mol. The van der Waals surface area contributed by atoms with Gasteiger partial charge in [0.15, 0.2) is 0 Å². The zero-order valence-corrected chi connectivity index (χ0v) is 31.3. The van der Waals surface area contributed by atoms with Gasteiger partial charge in [-0.05, 0) is 105 Å². The lowest BCUT2D eigenvalue weighted by molar-refractivity contribution is -0.152. The molecule has 1 unspecified atom stereocenters. The summed E-state index contributed by atoms with van der Waals surface area (Å²) in [5.41, 5.74) is 2.47. The van der Waals surface area contributed by atoms with Gasteiger partial charge in [0.1, 0.15) is 12.1 Å². The van der Waals surface area contributed by atoms with E-state index in [9.17, 15) is 36.3 Å². The van der Waals surface area contributed by atoms with Gasteiger partial charge in [0.2, 0.25) is 10.0 Å². The molecule has 1 aliphatic carbocycles. The molecule has 13 heteroatoms. The van der Waals surface area contributed by atoms with Crippen molar-refractivity contribution in [2.75, 3.05) is 23.1 Å². The molecule has 0 saturated heterocycles. The fraction of sp³-hybridized carbons (Fsp3) is 0.450. The van der Waals surface area contributed by atoms with Crippen molar-refractivity contribution >= 4 is 33.2 Å². The van der Waals surface area contributed by atoms with E-state index in [1.54, 1.807) is 32.9 Å². The number of aliphatic hydroxyl groups excluding tert-OH is 1. The van der Waals surface area contributed by atoms with Crippen LogP contribution >= 0.6 is 0 Å². The molecule has 0 aromatic heterocycles. The standard InChI is InChI=1S/C40H48F3N3O6S/c1-5-29-17-27-14-10-16-53(50,51)46(25-37(48)52-39(2,3)4)35-22-30(21-32(29)33(35)19-27)38(49)45-34(20-26-11-7-6-8-12-26)36(47)24-44-23-28-13-9-15-31(18-28)40(41,42)43/h6-9,11-13,15,17-18,21-22,27,34,36,44,47H,5,10,14,16,19-20,23-25H2,1-4H3,(H,45,49)/t27-,34?,36-/m1/s1. The summed E-state index contributed by atoms with van der Waals surface area (Å²) in [4.78, 5) is 27.3. The number of anilines is 1. The molecule has 3 aromatic rings. The van der Waals surface area contributed by atoms with Gasteiger partial charge in [-0.3, -0.25) is 13.9 Å². The highest BCUT2D eigenvalue weighted by atomic mass is 32.2. The van der Waals surface area contributed by atoms with Crippen LogP contribution in [0, 0.1) is 5.92 Å². The van der Waals surface area contributed by atoms with E-state index in [2.05, 4.69) is 16.7 Å². The van der Waals surface area contributed by atoms with Gasteiger partial charge in [0.25, 0.3) is 5.91 Å². The molecule has 9 nitrogen and oxygen atoms in total. The van der Waals surface area contributed by atoms with Crippen LogP contribution in [0.15, 0.2) is 72.8 Å². The van der Waals surface area contributed by atoms with Crippen LogP contribution in [-0.2, 0) is 45.1 Å². The Kier molecular flexibility index (Phi) is 12.4. The van der Waals surface area contributed by atoms with Crippen LogP contribution < -0.4 is 14.9 Å². The number of nitrogens with zero attached hydrogens (tertiary/aromatic N) is 1. The van der Waals surface area contributed by atoms with Crippen molar-refractivity contribution in [2.45, 2.75) is 90.3 Å². The zero-order valence-electron chi connectivity index (χ0n) is 30.5. The molecular weight excluding hydrogens is 708 g/mol. The van der Waals surface area contributed by atoms with E-state index in [0.717, 1.165) is 38.7 Å². The number of amides is 1. The van der Waals surface area contributed by atoms with Crippen molar-refractivity contribution in [2.24, 2.45) is 5.92 Å². The number of hydrogen-bond donors (Lipinski definition) is 3. The summed E-state index contributed by atoms with van der Waals surface area (Å²) in [7, 11) is -4.00. The fourth-order valence-electron chi connectivity index (χ4n) is 6.93. The maximum absolute atomic E-state index is 14.2. The van der Waals surface area contributed by atoms with E-state index < -0.39 is 57.9 Å². The number of carbonyl (C=O) groups is 2. The first-order valence-corrected chi connectivity index (χ1v) is 19.5. The Labute approximate surface area is 309 Å². The maximum Gasteiger partial charge on any atom is 0.416 e. The van der Waals surface area contributed by atoms with E-state index in [-0.39, 0.29) is 42.4 Å². The predicted molar refractivity (Wildman–Crippen MR) is 199 cm³/mol. The monoisotopic (exact) mass is 755 g/mol. The Morgan fingerprint density at radius 1 is 1.02 bits per heavy atom. The number of allylic oxidation sites excluding steroid dienone is 2. The summed E-state index contributed by atoms with van der Waals surface area (Å²) in [5.74, 6) is -1.35. The summed E-state index contributed by atoms with van der Waals surface area (Å²) in [6, 6.07) is 16.6. The van der Waals surface area contributed by atoms with Gasteiger partial charge >= 0.3 is 12.1 Å². The van der Waals surface area contributed by atoms with Gasteiger partial charge in [-0.25, -0.2) is 8.42 Å². The fourth-order valence-corrected chi connectivity index (χ4v) is 8.45. The Hall–Kier alpha value is -4.20. The number of sulfonamides is 1. The van der Waals surface area contributed by atoms with Crippen LogP contribution in [0.25, 0.3) is 5.57 Å². The quantitative estimate of drug-likeness (QED) is 0.182. The molecule has 0 saturated carbocycles. The molecule has 1 aliphatic heterocycles. The normalized spacial score (nSPS) is 18.2. The van der Waals surface area contributed by atoms with Crippen LogP contribution in [0.3, 0.4) is 0 Å². The number of fused-ring (bicyclic) bond motifs is 1. The second-order valence-electron chi connectivity index (χ2n) is 14.7. The largest absolute Gasteiger partial charge is 0.459 e. The van der Waals surface area contributed by atoms with Gasteiger partial charge in [-0.2, -0.15) is 13.2 Å². The molecule has 3 atom stereocenters. The van der Waals surface area contributed by atoms with Gasteiger partial charge in [0.05, 0.1) is 29.1 Å². The SMILES string of the molecule is CCC1=C[C@H]2CCCS(=O)(=O)N(CC(=O)OC(C)(C)C)c3cc(C(=O)NC(Cc4ccccc4)[C@H](O)CNCc4cccc(C(F)(F)F)c4)cc1c3C2. The van der Waals surface area contributed by atoms with Gasteiger partial charge in [0, 0.05) is 18.7 Å². The molecule has 1 amide bonds. The molecule has 53 heavy (non-hydrogen) atoms. The van der Waals surface area contributed by atoms with E-state index in [1.807, 2.05) is 37.3 Å². The minimum Gasteiger partial charge on any atom is -0.459 e. The van der Waals surface area contributed by atoms with Crippen LogP contribution in [0.5, 0.6) is 0 Å². The van der Waals surface area contributed by atoms with Crippen molar-refractivity contribution in [3.63, 3.8) is 0 Å². The highest BCUT2D eigenvalue weighted by molar-refractivity contribution is 7.92. The number of alkyl halides is 3. The minimum absolute atomic E-state index is 0.0461. The maximum atomic E-state index is 14.2. The smallest absolute Gasteiger partial charge is 0.416 e. The third kappa shape index (κ3) is 10.5. The van der Waals surface area contributed by atoms with Crippen molar-refractivity contribution < 1.29 is 41.0 Å². The number of aliphatic hydroxyl groups is 1. The molecule has 0 radical (unpaired) electrons. The Morgan fingerprint density at radius 3 is 2.42 bits per heavy atom. The van der Waals surface area contributed by atoms with Crippen molar-refractivity contribution in [1.82, 2.24) is 10.6 Å². The summed E-state index contributed by atoms with van der Waals surface area (Å²) in [6.45, 7) is 6.56. The average Bonchev–Trinajstić information content (AvgIpc) is 3.12. The van der Waals surface area contributed by atoms with E-state index >= 15 is 0 Å². The molecule has 286 valence electrons. The lowest BCUT2D eigenvalue weighted by atomic mass is 9.80. The predicted octanol–water partition coefficient (Wildman–Crippen LogP) is 6.43. The zero-order chi connectivity index (χ0) is 38.6. The second kappa shape index (κ2) is 16.4. The molecule has 1 heterocycles. The Bertz CT molecular complexity index is 1930. The number of benzene rings is 3.